The Balaban J connectivity index is 2.32. The molecule has 0 amide bonds. The number of fused-ring (bicyclic) bond motifs is 1. The Morgan fingerprint density at radius 2 is 1.95 bits per heavy atom. The van der Waals surface area contributed by atoms with Crippen LogP contribution < -0.4 is 10.2 Å². The van der Waals surface area contributed by atoms with E-state index in [0.717, 1.165) is 5.56 Å². The Bertz CT molecular complexity index is 921. The largest absolute Gasteiger partial charge is 0.473 e. The van der Waals surface area contributed by atoms with Crippen molar-refractivity contribution in [3.63, 3.8) is 0 Å². The van der Waals surface area contributed by atoms with E-state index in [1.807, 2.05) is 30.3 Å². The first-order chi connectivity index (χ1) is 10.7. The summed E-state index contributed by atoms with van der Waals surface area (Å²) in [5, 5.41) is 0.814. The summed E-state index contributed by atoms with van der Waals surface area (Å²) in [6.07, 6.45) is 5.22. The van der Waals surface area contributed by atoms with E-state index in [0.29, 0.717) is 21.8 Å². The molecule has 0 aliphatic rings. The summed E-state index contributed by atoms with van der Waals surface area (Å²) in [5.41, 5.74) is 0.891. The van der Waals surface area contributed by atoms with Gasteiger partial charge in [0.2, 0.25) is 11.2 Å². The van der Waals surface area contributed by atoms with Gasteiger partial charge in [-0.3, -0.25) is 4.79 Å². The maximum Gasteiger partial charge on any atom is 0.235 e. The second kappa shape index (κ2) is 5.97. The zero-order valence-electron chi connectivity index (χ0n) is 11.5. The minimum atomic E-state index is -0.294. The van der Waals surface area contributed by atoms with Crippen LogP contribution in [0, 0.1) is 12.3 Å². The topological polar surface area (TPSA) is 39.4 Å². The van der Waals surface area contributed by atoms with Crippen LogP contribution in [-0.4, -0.2) is 6.61 Å². The Kier molecular flexibility index (Phi) is 3.86. The molecule has 2 aromatic carbocycles. The summed E-state index contributed by atoms with van der Waals surface area (Å²) in [6, 6.07) is 14.1. The molecule has 0 N–H and O–H groups in total. The fourth-order valence-electron chi connectivity index (χ4n) is 2.17. The highest BCUT2D eigenvalue weighted by Gasteiger charge is 2.17. The molecule has 1 aromatic heterocycles. The molecular weight excluding hydrogens is 300 g/mol. The van der Waals surface area contributed by atoms with E-state index >= 15 is 0 Å². The average Bonchev–Trinajstić information content (AvgIpc) is 2.55. The average molecular weight is 311 g/mol. The fraction of sp³-hybridized carbons (Fsp3) is 0.0556. The quantitative estimate of drug-likeness (QED) is 0.683. The van der Waals surface area contributed by atoms with Crippen LogP contribution >= 0.6 is 11.6 Å². The van der Waals surface area contributed by atoms with Gasteiger partial charge < -0.3 is 9.15 Å². The molecule has 0 aliphatic carbocycles. The van der Waals surface area contributed by atoms with E-state index in [-0.39, 0.29) is 17.8 Å². The third-order valence-electron chi connectivity index (χ3n) is 3.15. The molecule has 0 spiro atoms. The van der Waals surface area contributed by atoms with Crippen molar-refractivity contribution in [3.05, 3.63) is 63.8 Å². The molecule has 108 valence electrons. The van der Waals surface area contributed by atoms with Crippen LogP contribution in [0.3, 0.4) is 0 Å². The maximum atomic E-state index is 12.7. The highest BCUT2D eigenvalue weighted by Crippen LogP contribution is 2.31. The lowest BCUT2D eigenvalue weighted by molar-refractivity contribution is 0.358. The lowest BCUT2D eigenvalue weighted by atomic mass is 10.1. The summed E-state index contributed by atoms with van der Waals surface area (Å²) < 4.78 is 11.3. The summed E-state index contributed by atoms with van der Waals surface area (Å²) in [4.78, 5) is 12.7. The number of hydrogen-bond acceptors (Lipinski definition) is 3. The monoisotopic (exact) mass is 310 g/mol. The molecule has 0 radical (unpaired) electrons. The van der Waals surface area contributed by atoms with Crippen molar-refractivity contribution >= 4 is 22.6 Å². The lowest BCUT2D eigenvalue weighted by Gasteiger charge is -2.10. The van der Waals surface area contributed by atoms with E-state index in [1.54, 1.807) is 18.2 Å². The first-order valence-electron chi connectivity index (χ1n) is 6.59. The molecule has 4 heteroatoms. The van der Waals surface area contributed by atoms with Crippen molar-refractivity contribution in [3.8, 4) is 29.4 Å². The molecular formula is C18H11ClO3. The molecule has 22 heavy (non-hydrogen) atoms. The van der Waals surface area contributed by atoms with Crippen LogP contribution in [0.25, 0.3) is 22.3 Å². The van der Waals surface area contributed by atoms with Gasteiger partial charge in [-0.05, 0) is 18.2 Å². The van der Waals surface area contributed by atoms with Crippen LogP contribution in [0.5, 0.6) is 5.75 Å². The van der Waals surface area contributed by atoms with E-state index < -0.39 is 0 Å². The Labute approximate surface area is 132 Å². The Morgan fingerprint density at radius 1 is 1.18 bits per heavy atom. The number of ether oxygens (including phenoxy) is 1. The third kappa shape index (κ3) is 2.57. The van der Waals surface area contributed by atoms with Crippen molar-refractivity contribution in [2.24, 2.45) is 0 Å². The van der Waals surface area contributed by atoms with Gasteiger partial charge in [-0.15, -0.1) is 6.42 Å². The number of benzene rings is 2. The van der Waals surface area contributed by atoms with Crippen molar-refractivity contribution in [1.82, 2.24) is 0 Å². The predicted molar refractivity (Wildman–Crippen MR) is 87.3 cm³/mol. The predicted octanol–water partition coefficient (Wildman–Crippen LogP) is 4.13. The molecule has 0 saturated carbocycles. The zero-order chi connectivity index (χ0) is 15.5. The smallest absolute Gasteiger partial charge is 0.235 e. The molecule has 3 rings (SSSR count). The van der Waals surface area contributed by atoms with Crippen molar-refractivity contribution in [2.75, 3.05) is 6.61 Å². The van der Waals surface area contributed by atoms with E-state index in [2.05, 4.69) is 5.92 Å². The Hall–Kier alpha value is -2.70. The molecule has 0 aliphatic heterocycles. The molecule has 3 aromatic rings. The Morgan fingerprint density at radius 3 is 2.68 bits per heavy atom. The van der Waals surface area contributed by atoms with Crippen molar-refractivity contribution in [2.45, 2.75) is 0 Å². The van der Waals surface area contributed by atoms with Gasteiger partial charge in [-0.2, -0.15) is 0 Å². The van der Waals surface area contributed by atoms with E-state index in [9.17, 15) is 4.79 Å². The van der Waals surface area contributed by atoms with E-state index in [1.165, 1.54) is 0 Å². The van der Waals surface area contributed by atoms with Gasteiger partial charge in [-0.25, -0.2) is 0 Å². The zero-order valence-corrected chi connectivity index (χ0v) is 12.3. The maximum absolute atomic E-state index is 12.7. The second-order valence-corrected chi connectivity index (χ2v) is 5.03. The molecule has 0 atom stereocenters. The van der Waals surface area contributed by atoms with Gasteiger partial charge in [0.15, 0.2) is 5.76 Å². The van der Waals surface area contributed by atoms with Gasteiger partial charge in [0.25, 0.3) is 0 Å². The first kappa shape index (κ1) is 14.2. The number of terminal acetylenes is 1. The van der Waals surface area contributed by atoms with Gasteiger partial charge in [0.1, 0.15) is 12.2 Å². The van der Waals surface area contributed by atoms with Crippen LogP contribution in [0.4, 0.5) is 0 Å². The highest BCUT2D eigenvalue weighted by atomic mass is 35.5. The second-order valence-electron chi connectivity index (χ2n) is 4.59. The summed E-state index contributed by atoms with van der Waals surface area (Å²) in [7, 11) is 0. The highest BCUT2D eigenvalue weighted by molar-refractivity contribution is 6.31. The van der Waals surface area contributed by atoms with Gasteiger partial charge in [0, 0.05) is 10.6 Å². The van der Waals surface area contributed by atoms with Crippen molar-refractivity contribution < 1.29 is 9.15 Å². The summed E-state index contributed by atoms with van der Waals surface area (Å²) in [5.74, 6) is 2.81. The lowest BCUT2D eigenvalue weighted by Crippen LogP contribution is -2.10. The van der Waals surface area contributed by atoms with Gasteiger partial charge >= 0.3 is 0 Å². The normalized spacial score (nSPS) is 10.4. The molecule has 0 fully saturated rings. The molecule has 0 saturated heterocycles. The summed E-state index contributed by atoms with van der Waals surface area (Å²) >= 11 is 5.95. The number of hydrogen-bond donors (Lipinski definition) is 0. The van der Waals surface area contributed by atoms with Crippen LogP contribution in [0.1, 0.15) is 0 Å². The van der Waals surface area contributed by atoms with Crippen molar-refractivity contribution in [1.29, 1.82) is 0 Å². The molecule has 0 unspecified atom stereocenters. The minimum absolute atomic E-state index is 0.0172. The van der Waals surface area contributed by atoms with Crippen LogP contribution in [0.2, 0.25) is 5.02 Å². The number of rotatable bonds is 3. The van der Waals surface area contributed by atoms with E-state index in [4.69, 9.17) is 27.2 Å². The number of halogens is 1. The fourth-order valence-corrected chi connectivity index (χ4v) is 2.35. The summed E-state index contributed by atoms with van der Waals surface area (Å²) in [6.45, 7) is -0.0172. The van der Waals surface area contributed by atoms with Gasteiger partial charge in [-0.1, -0.05) is 47.9 Å². The molecule has 0 bridgehead atoms. The van der Waals surface area contributed by atoms with Gasteiger partial charge in [0.05, 0.1) is 5.39 Å². The standard InChI is InChI=1S/C18H11ClO3/c1-2-10-21-18-16(20)14-11-13(19)8-9-15(14)22-17(18)12-6-4-3-5-7-12/h1,3-9,11H,10H2. The SMILES string of the molecule is C#CCOc1c(-c2ccccc2)oc2ccc(Cl)cc2c1=O. The molecule has 3 nitrogen and oxygen atoms in total. The van der Waals surface area contributed by atoms with Crippen LogP contribution in [-0.2, 0) is 0 Å². The molecule has 1 heterocycles. The minimum Gasteiger partial charge on any atom is -0.473 e. The van der Waals surface area contributed by atoms with Crippen LogP contribution in [0.15, 0.2) is 57.7 Å². The first-order valence-corrected chi connectivity index (χ1v) is 6.96. The third-order valence-corrected chi connectivity index (χ3v) is 3.38.